The Balaban J connectivity index is 1.24. The number of rotatable bonds is 5. The number of benzene rings is 1. The molecule has 0 radical (unpaired) electrons. The largest absolute Gasteiger partial charge is 0.468 e. The number of hydrogen-bond donors (Lipinski definition) is 0. The molecule has 0 bridgehead atoms. The molecule has 2 aromatic rings. The van der Waals surface area contributed by atoms with E-state index in [-0.39, 0.29) is 5.82 Å². The first-order valence-electron chi connectivity index (χ1n) is 10.2. The van der Waals surface area contributed by atoms with Crippen LogP contribution >= 0.6 is 0 Å². The van der Waals surface area contributed by atoms with Crippen molar-refractivity contribution in [1.29, 1.82) is 0 Å². The summed E-state index contributed by atoms with van der Waals surface area (Å²) < 4.78 is 19.4. The smallest absolute Gasteiger partial charge is 0.127 e. The Kier molecular flexibility index (Phi) is 6.22. The number of nitrogens with zero attached hydrogens (tertiary/aromatic N) is 3. The van der Waals surface area contributed by atoms with Crippen molar-refractivity contribution in [1.82, 2.24) is 14.7 Å². The third-order valence-electron chi connectivity index (χ3n) is 6.01. The van der Waals surface area contributed by atoms with Crippen LogP contribution < -0.4 is 0 Å². The van der Waals surface area contributed by atoms with Crippen LogP contribution in [0.3, 0.4) is 0 Å². The number of piperidine rings is 1. The summed E-state index contributed by atoms with van der Waals surface area (Å²) in [5.41, 5.74) is 0.817. The molecule has 2 saturated heterocycles. The van der Waals surface area contributed by atoms with E-state index in [1.807, 2.05) is 18.2 Å². The fourth-order valence-corrected chi connectivity index (χ4v) is 4.45. The monoisotopic (exact) mass is 371 g/mol. The van der Waals surface area contributed by atoms with Crippen molar-refractivity contribution in [2.45, 2.75) is 38.4 Å². The van der Waals surface area contributed by atoms with Gasteiger partial charge < -0.3 is 4.42 Å². The fraction of sp³-hybridized carbons (Fsp3) is 0.545. The van der Waals surface area contributed by atoms with Crippen molar-refractivity contribution in [3.8, 4) is 0 Å². The van der Waals surface area contributed by atoms with Gasteiger partial charge in [-0.3, -0.25) is 14.7 Å². The van der Waals surface area contributed by atoms with Crippen LogP contribution in [-0.4, -0.2) is 60.0 Å². The highest BCUT2D eigenvalue weighted by Crippen LogP contribution is 2.21. The van der Waals surface area contributed by atoms with Crippen molar-refractivity contribution in [2.24, 2.45) is 0 Å². The van der Waals surface area contributed by atoms with Gasteiger partial charge in [0.2, 0.25) is 0 Å². The van der Waals surface area contributed by atoms with E-state index < -0.39 is 0 Å². The summed E-state index contributed by atoms with van der Waals surface area (Å²) in [5, 5.41) is 0. The van der Waals surface area contributed by atoms with Gasteiger partial charge in [-0.05, 0) is 50.6 Å². The maximum atomic E-state index is 13.9. The highest BCUT2D eigenvalue weighted by Gasteiger charge is 2.26. The topological polar surface area (TPSA) is 22.9 Å². The van der Waals surface area contributed by atoms with Gasteiger partial charge in [0.25, 0.3) is 0 Å². The van der Waals surface area contributed by atoms with E-state index in [0.29, 0.717) is 6.04 Å². The van der Waals surface area contributed by atoms with Gasteiger partial charge >= 0.3 is 0 Å². The summed E-state index contributed by atoms with van der Waals surface area (Å²) in [7, 11) is 0. The number of likely N-dealkylation sites (tertiary alicyclic amines) is 1. The molecule has 27 heavy (non-hydrogen) atoms. The predicted octanol–water partition coefficient (Wildman–Crippen LogP) is 3.59. The highest BCUT2D eigenvalue weighted by molar-refractivity contribution is 5.17. The molecule has 0 saturated carbocycles. The zero-order valence-electron chi connectivity index (χ0n) is 16.0. The second-order valence-electron chi connectivity index (χ2n) is 7.84. The molecular weight excluding hydrogens is 341 g/mol. The van der Waals surface area contributed by atoms with Gasteiger partial charge in [0, 0.05) is 44.3 Å². The van der Waals surface area contributed by atoms with E-state index in [4.69, 9.17) is 4.42 Å². The molecule has 0 atom stereocenters. The van der Waals surface area contributed by atoms with Crippen LogP contribution in [0.4, 0.5) is 4.39 Å². The lowest BCUT2D eigenvalue weighted by molar-refractivity contribution is 0.102. The SMILES string of the molecule is Fc1ccccc1CN1CCCN(C2CCN(Cc3ccco3)CC2)CC1. The first-order chi connectivity index (χ1) is 13.3. The van der Waals surface area contributed by atoms with Gasteiger partial charge in [-0.1, -0.05) is 18.2 Å². The van der Waals surface area contributed by atoms with Crippen LogP contribution in [-0.2, 0) is 13.1 Å². The fourth-order valence-electron chi connectivity index (χ4n) is 4.45. The zero-order valence-corrected chi connectivity index (χ0v) is 16.0. The van der Waals surface area contributed by atoms with Crippen LogP contribution in [0.1, 0.15) is 30.6 Å². The Hall–Kier alpha value is -1.69. The molecular formula is C22H30FN3O. The molecule has 2 aliphatic rings. The number of hydrogen-bond acceptors (Lipinski definition) is 4. The second kappa shape index (κ2) is 9.00. The molecule has 0 unspecified atom stereocenters. The Morgan fingerprint density at radius 3 is 2.44 bits per heavy atom. The van der Waals surface area contributed by atoms with E-state index in [1.165, 1.54) is 19.3 Å². The van der Waals surface area contributed by atoms with E-state index in [9.17, 15) is 4.39 Å². The van der Waals surface area contributed by atoms with Crippen LogP contribution in [0, 0.1) is 5.82 Å². The average Bonchev–Trinajstić information content (AvgIpc) is 3.09. The zero-order chi connectivity index (χ0) is 18.5. The molecule has 0 N–H and O–H groups in total. The molecule has 2 aliphatic heterocycles. The maximum Gasteiger partial charge on any atom is 0.127 e. The normalized spacial score (nSPS) is 21.4. The van der Waals surface area contributed by atoms with Gasteiger partial charge in [0.1, 0.15) is 11.6 Å². The van der Waals surface area contributed by atoms with Crippen molar-refractivity contribution in [3.63, 3.8) is 0 Å². The van der Waals surface area contributed by atoms with Crippen LogP contribution in [0.25, 0.3) is 0 Å². The first-order valence-corrected chi connectivity index (χ1v) is 10.2. The lowest BCUT2D eigenvalue weighted by atomic mass is 10.0. The van der Waals surface area contributed by atoms with Crippen LogP contribution in [0.5, 0.6) is 0 Å². The molecule has 0 spiro atoms. The minimum atomic E-state index is -0.0810. The van der Waals surface area contributed by atoms with Crippen molar-refractivity contribution in [3.05, 3.63) is 59.8 Å². The summed E-state index contributed by atoms with van der Waals surface area (Å²) in [6.07, 6.45) is 5.38. The molecule has 0 amide bonds. The minimum Gasteiger partial charge on any atom is -0.468 e. The van der Waals surface area contributed by atoms with Crippen molar-refractivity contribution in [2.75, 3.05) is 39.3 Å². The van der Waals surface area contributed by atoms with Gasteiger partial charge in [-0.25, -0.2) is 4.39 Å². The van der Waals surface area contributed by atoms with E-state index in [1.54, 1.807) is 18.4 Å². The van der Waals surface area contributed by atoms with Gasteiger partial charge in [-0.2, -0.15) is 0 Å². The van der Waals surface area contributed by atoms with E-state index in [0.717, 1.165) is 63.7 Å². The van der Waals surface area contributed by atoms with E-state index >= 15 is 0 Å². The molecule has 4 rings (SSSR count). The lowest BCUT2D eigenvalue weighted by Crippen LogP contribution is -2.45. The second-order valence-corrected chi connectivity index (χ2v) is 7.84. The third kappa shape index (κ3) is 4.98. The van der Waals surface area contributed by atoms with Crippen LogP contribution in [0.15, 0.2) is 47.1 Å². The molecule has 5 heteroatoms. The molecule has 146 valence electrons. The predicted molar refractivity (Wildman–Crippen MR) is 105 cm³/mol. The quantitative estimate of drug-likeness (QED) is 0.801. The van der Waals surface area contributed by atoms with Gasteiger partial charge in [-0.15, -0.1) is 0 Å². The maximum absolute atomic E-state index is 13.9. The third-order valence-corrected chi connectivity index (χ3v) is 6.01. The summed E-state index contributed by atoms with van der Waals surface area (Å²) in [4.78, 5) is 7.58. The molecule has 2 fully saturated rings. The Morgan fingerprint density at radius 1 is 0.852 bits per heavy atom. The Labute approximate surface area is 161 Å². The van der Waals surface area contributed by atoms with Crippen molar-refractivity contribution < 1.29 is 8.81 Å². The van der Waals surface area contributed by atoms with E-state index in [2.05, 4.69) is 20.8 Å². The Bertz CT molecular complexity index is 697. The first kappa shape index (κ1) is 18.7. The highest BCUT2D eigenvalue weighted by atomic mass is 19.1. The van der Waals surface area contributed by atoms with Gasteiger partial charge in [0.05, 0.1) is 12.8 Å². The molecule has 4 nitrogen and oxygen atoms in total. The number of halogens is 1. The molecule has 3 heterocycles. The van der Waals surface area contributed by atoms with Crippen LogP contribution in [0.2, 0.25) is 0 Å². The molecule has 1 aromatic heterocycles. The Morgan fingerprint density at radius 2 is 1.67 bits per heavy atom. The molecule has 0 aliphatic carbocycles. The number of furan rings is 1. The minimum absolute atomic E-state index is 0.0810. The lowest BCUT2D eigenvalue weighted by Gasteiger charge is -2.37. The van der Waals surface area contributed by atoms with Gasteiger partial charge in [0.15, 0.2) is 0 Å². The summed E-state index contributed by atoms with van der Waals surface area (Å²) in [6.45, 7) is 8.27. The summed E-state index contributed by atoms with van der Waals surface area (Å²) >= 11 is 0. The summed E-state index contributed by atoms with van der Waals surface area (Å²) in [6, 6.07) is 11.9. The average molecular weight is 372 g/mol. The summed E-state index contributed by atoms with van der Waals surface area (Å²) in [5.74, 6) is 0.981. The standard InChI is InChI=1S/C22H30FN3O/c23-22-7-2-1-5-19(22)17-24-10-4-11-26(15-14-24)20-8-12-25(13-9-20)18-21-6-3-16-27-21/h1-3,5-7,16,20H,4,8-15,17-18H2. The van der Waals surface area contributed by atoms with Crippen molar-refractivity contribution >= 4 is 0 Å². The molecule has 1 aromatic carbocycles.